The van der Waals surface area contributed by atoms with Gasteiger partial charge in [0.2, 0.25) is 0 Å². The number of hydrogen-bond acceptors (Lipinski definition) is 5. The Morgan fingerprint density at radius 3 is 3.06 bits per heavy atom. The number of nitrogen functional groups attached to an aromatic ring is 1. The lowest BCUT2D eigenvalue weighted by atomic mass is 10.3. The van der Waals surface area contributed by atoms with Crippen LogP contribution in [0.4, 0.5) is 5.82 Å². The van der Waals surface area contributed by atoms with E-state index >= 15 is 0 Å². The fraction of sp³-hybridized carbons (Fsp3) is 0.300. The second-order valence-electron chi connectivity index (χ2n) is 3.34. The van der Waals surface area contributed by atoms with E-state index in [4.69, 9.17) is 10.5 Å². The van der Waals surface area contributed by atoms with Crippen LogP contribution in [-0.2, 0) is 4.74 Å². The van der Waals surface area contributed by atoms with Gasteiger partial charge in [0, 0.05) is 11.8 Å². The largest absolute Gasteiger partial charge is 0.462 e. The number of fused-ring (bicyclic) bond motifs is 1. The number of nitrogens with two attached hydrogens (primary N) is 1. The predicted octanol–water partition coefficient (Wildman–Crippen LogP) is 0.797. The zero-order chi connectivity index (χ0) is 11.7. The van der Waals surface area contributed by atoms with Crippen molar-refractivity contribution in [1.82, 2.24) is 14.6 Å². The highest BCUT2D eigenvalue weighted by atomic mass is 16.5. The lowest BCUT2D eigenvalue weighted by Crippen LogP contribution is -2.06. The van der Waals surface area contributed by atoms with Gasteiger partial charge in [-0.3, -0.25) is 0 Å². The van der Waals surface area contributed by atoms with Crippen LogP contribution in [0, 0.1) is 6.92 Å². The number of aromatic nitrogens is 3. The van der Waals surface area contributed by atoms with Crippen LogP contribution in [0.3, 0.4) is 0 Å². The third-order valence-electron chi connectivity index (χ3n) is 2.12. The third-order valence-corrected chi connectivity index (χ3v) is 2.12. The second-order valence-corrected chi connectivity index (χ2v) is 3.34. The number of rotatable bonds is 2. The minimum Gasteiger partial charge on any atom is -0.462 e. The monoisotopic (exact) mass is 220 g/mol. The summed E-state index contributed by atoms with van der Waals surface area (Å²) < 4.78 is 6.32. The summed E-state index contributed by atoms with van der Waals surface area (Å²) in [6.07, 6.45) is 1.41. The van der Waals surface area contributed by atoms with E-state index < -0.39 is 5.97 Å². The third kappa shape index (κ3) is 1.58. The second kappa shape index (κ2) is 3.80. The Morgan fingerprint density at radius 2 is 2.38 bits per heavy atom. The molecule has 16 heavy (non-hydrogen) atoms. The van der Waals surface area contributed by atoms with E-state index in [0.717, 1.165) is 5.69 Å². The van der Waals surface area contributed by atoms with Crippen molar-refractivity contribution in [1.29, 1.82) is 0 Å². The van der Waals surface area contributed by atoms with Gasteiger partial charge >= 0.3 is 5.97 Å². The number of hydrogen-bond donors (Lipinski definition) is 1. The van der Waals surface area contributed by atoms with Crippen molar-refractivity contribution in [2.45, 2.75) is 13.8 Å². The maximum Gasteiger partial charge on any atom is 0.343 e. The van der Waals surface area contributed by atoms with Crippen molar-refractivity contribution in [3.8, 4) is 0 Å². The van der Waals surface area contributed by atoms with Gasteiger partial charge < -0.3 is 10.5 Å². The summed E-state index contributed by atoms with van der Waals surface area (Å²) in [5, 5.41) is 3.99. The van der Waals surface area contributed by atoms with E-state index in [0.29, 0.717) is 23.6 Å². The normalized spacial score (nSPS) is 10.6. The number of anilines is 1. The number of esters is 1. The van der Waals surface area contributed by atoms with Crippen molar-refractivity contribution in [2.75, 3.05) is 12.3 Å². The zero-order valence-corrected chi connectivity index (χ0v) is 9.10. The Labute approximate surface area is 92.0 Å². The number of carbonyl (C=O) groups excluding carboxylic acids is 1. The SMILES string of the molecule is CCOC(=O)c1cnn2c(N)cc(C)nc12. The molecule has 0 amide bonds. The minimum atomic E-state index is -0.435. The highest BCUT2D eigenvalue weighted by Gasteiger charge is 2.16. The molecule has 0 radical (unpaired) electrons. The van der Waals surface area contributed by atoms with Crippen LogP contribution >= 0.6 is 0 Å². The Balaban J connectivity index is 2.60. The van der Waals surface area contributed by atoms with Crippen molar-refractivity contribution in [2.24, 2.45) is 0 Å². The minimum absolute atomic E-state index is 0.317. The molecule has 0 atom stereocenters. The van der Waals surface area contributed by atoms with Crippen LogP contribution in [0.5, 0.6) is 0 Å². The first kappa shape index (κ1) is 10.4. The van der Waals surface area contributed by atoms with Crippen molar-refractivity contribution >= 4 is 17.4 Å². The lowest BCUT2D eigenvalue weighted by molar-refractivity contribution is 0.0528. The summed E-state index contributed by atoms with van der Waals surface area (Å²) in [5.41, 5.74) is 7.24. The molecule has 2 aromatic rings. The van der Waals surface area contributed by atoms with Crippen LogP contribution in [0.2, 0.25) is 0 Å². The van der Waals surface area contributed by atoms with E-state index in [1.54, 1.807) is 19.9 Å². The first-order valence-corrected chi connectivity index (χ1v) is 4.91. The maximum absolute atomic E-state index is 11.6. The summed E-state index contributed by atoms with van der Waals surface area (Å²) in [5.74, 6) is 0.00745. The quantitative estimate of drug-likeness (QED) is 0.757. The summed E-state index contributed by atoms with van der Waals surface area (Å²) >= 11 is 0. The van der Waals surface area contributed by atoms with Gasteiger partial charge in [0.05, 0.1) is 12.8 Å². The smallest absolute Gasteiger partial charge is 0.343 e. The molecule has 84 valence electrons. The van der Waals surface area contributed by atoms with Crippen molar-refractivity contribution in [3.05, 3.63) is 23.5 Å². The Hall–Kier alpha value is -2.11. The molecular weight excluding hydrogens is 208 g/mol. The molecule has 2 rings (SSSR count). The highest BCUT2D eigenvalue weighted by Crippen LogP contribution is 2.14. The molecule has 0 spiro atoms. The summed E-state index contributed by atoms with van der Waals surface area (Å²) in [4.78, 5) is 15.8. The molecule has 0 aliphatic rings. The predicted molar refractivity (Wildman–Crippen MR) is 58.1 cm³/mol. The fourth-order valence-corrected chi connectivity index (χ4v) is 1.47. The highest BCUT2D eigenvalue weighted by molar-refractivity contribution is 5.95. The van der Waals surface area contributed by atoms with Crippen LogP contribution < -0.4 is 5.73 Å². The van der Waals surface area contributed by atoms with E-state index in [9.17, 15) is 4.79 Å². The van der Waals surface area contributed by atoms with Crippen LogP contribution in [0.1, 0.15) is 23.0 Å². The molecular formula is C10H12N4O2. The van der Waals surface area contributed by atoms with Crippen molar-refractivity contribution in [3.63, 3.8) is 0 Å². The Kier molecular flexibility index (Phi) is 2.47. The molecule has 0 aromatic carbocycles. The lowest BCUT2D eigenvalue weighted by Gasteiger charge is -2.02. The topological polar surface area (TPSA) is 82.5 Å². The van der Waals surface area contributed by atoms with Crippen LogP contribution in [-0.4, -0.2) is 27.2 Å². The van der Waals surface area contributed by atoms with Gasteiger partial charge in [-0.25, -0.2) is 9.78 Å². The fourth-order valence-electron chi connectivity index (χ4n) is 1.47. The first-order chi connectivity index (χ1) is 7.63. The van der Waals surface area contributed by atoms with Gasteiger partial charge in [-0.1, -0.05) is 0 Å². The molecule has 6 heteroatoms. The van der Waals surface area contributed by atoms with Gasteiger partial charge in [0.1, 0.15) is 11.4 Å². The molecule has 0 aliphatic carbocycles. The van der Waals surface area contributed by atoms with E-state index in [-0.39, 0.29) is 0 Å². The first-order valence-electron chi connectivity index (χ1n) is 4.91. The number of carbonyl (C=O) groups is 1. The molecule has 0 saturated carbocycles. The molecule has 0 aliphatic heterocycles. The summed E-state index contributed by atoms with van der Waals surface area (Å²) in [6, 6.07) is 1.69. The average Bonchev–Trinajstić information content (AvgIpc) is 2.61. The molecule has 0 unspecified atom stereocenters. The number of ether oxygens (including phenoxy) is 1. The Morgan fingerprint density at radius 1 is 1.62 bits per heavy atom. The maximum atomic E-state index is 11.6. The van der Waals surface area contributed by atoms with Gasteiger partial charge in [-0.05, 0) is 13.8 Å². The van der Waals surface area contributed by atoms with Crippen LogP contribution in [0.25, 0.3) is 5.65 Å². The van der Waals surface area contributed by atoms with Gasteiger partial charge in [-0.2, -0.15) is 9.61 Å². The average molecular weight is 220 g/mol. The molecule has 6 nitrogen and oxygen atoms in total. The van der Waals surface area contributed by atoms with Gasteiger partial charge in [0.25, 0.3) is 0 Å². The molecule has 2 aromatic heterocycles. The zero-order valence-electron chi connectivity index (χ0n) is 9.10. The number of aryl methyl sites for hydroxylation is 1. The standard InChI is InChI=1S/C10H12N4O2/c1-3-16-10(15)7-5-12-14-8(11)4-6(2)13-9(7)14/h4-5H,3,11H2,1-2H3. The van der Waals surface area contributed by atoms with Crippen LogP contribution in [0.15, 0.2) is 12.3 Å². The molecule has 0 bridgehead atoms. The van der Waals surface area contributed by atoms with Gasteiger partial charge in [0.15, 0.2) is 5.65 Å². The van der Waals surface area contributed by atoms with E-state index in [2.05, 4.69) is 10.1 Å². The van der Waals surface area contributed by atoms with E-state index in [1.165, 1.54) is 10.7 Å². The van der Waals surface area contributed by atoms with Crippen molar-refractivity contribution < 1.29 is 9.53 Å². The number of nitrogens with zero attached hydrogens (tertiary/aromatic N) is 3. The Bertz CT molecular complexity index is 547. The molecule has 0 fully saturated rings. The summed E-state index contributed by atoms with van der Waals surface area (Å²) in [7, 11) is 0. The molecule has 2 heterocycles. The molecule has 2 N–H and O–H groups in total. The van der Waals surface area contributed by atoms with E-state index in [1.807, 2.05) is 0 Å². The van der Waals surface area contributed by atoms with Gasteiger partial charge in [-0.15, -0.1) is 0 Å². The summed E-state index contributed by atoms with van der Waals surface area (Å²) in [6.45, 7) is 3.87. The molecule has 0 saturated heterocycles.